The summed E-state index contributed by atoms with van der Waals surface area (Å²) >= 11 is 0. The van der Waals surface area contributed by atoms with Gasteiger partial charge < -0.3 is 57.9 Å². The van der Waals surface area contributed by atoms with E-state index in [9.17, 15) is 5.11 Å². The molecule has 20 rings (SSSR count). The molecule has 2 atom stereocenters. The average Bonchev–Trinajstić information content (AvgIpc) is 1.50. The van der Waals surface area contributed by atoms with Crippen molar-refractivity contribution in [3.05, 3.63) is 268 Å². The largest absolute Gasteiger partial charge is 0.497 e. The van der Waals surface area contributed by atoms with Crippen LogP contribution < -0.4 is 48.0 Å². The minimum atomic E-state index is 0.220. The molecular weight excluding hydrogens is 1610 g/mol. The Morgan fingerprint density at radius 1 is 0.320 bits per heavy atom. The summed E-state index contributed by atoms with van der Waals surface area (Å²) in [6.45, 7) is 5.18. The number of methoxy groups -OCH3 is 6. The Labute approximate surface area is 742 Å². The van der Waals surface area contributed by atoms with Crippen molar-refractivity contribution >= 4 is 89.6 Å². The Bertz CT molecular complexity index is 6610. The average molecular weight is 1710 g/mol. The van der Waals surface area contributed by atoms with Crippen LogP contribution in [0.3, 0.4) is 0 Å². The fourth-order valence-electron chi connectivity index (χ4n) is 15.8. The zero-order chi connectivity index (χ0) is 88.2. The number of hydrogen-bond acceptors (Lipinski definition) is 24. The number of rotatable bonds is 27. The molecule has 28 nitrogen and oxygen atoms in total. The van der Waals surface area contributed by atoms with Gasteiger partial charge in [0, 0.05) is 221 Å². The maximum absolute atomic E-state index is 9.59. The number of aromatic nitrogens is 16. The van der Waals surface area contributed by atoms with Gasteiger partial charge in [0.25, 0.3) is 0 Å². The van der Waals surface area contributed by atoms with Gasteiger partial charge in [0.05, 0.1) is 159 Å². The maximum Gasteiger partial charge on any atom is 0.124 e. The summed E-state index contributed by atoms with van der Waals surface area (Å²) < 4.78 is 45.8. The molecule has 0 radical (unpaired) electrons. The molecule has 2 saturated carbocycles. The van der Waals surface area contributed by atoms with Crippen LogP contribution in [-0.2, 0) is 39.5 Å². The van der Waals surface area contributed by atoms with Crippen molar-refractivity contribution in [2.24, 2.45) is 51.9 Å². The lowest BCUT2D eigenvalue weighted by molar-refractivity contribution is 0.0688. The number of para-hydroxylation sites is 1. The standard InChI is InChI=1S/C27H25N5O2.C26H29N5O3.C25H27N5O3.C22H21N5/c1-31-18-20(15-29-31)27-16-28-25-10-9-21(13-26(25)30-27)32(17-19-7-5-4-6-8-19)22-11-23(33-2)14-24(12-22)34-3;1-30-17-19(14-28-30)26-15-27-24-5-4-20(12-25(24)29-26)31(16-18-6-8-34-9-7-18)21-10-22(32-2)13-23(11-21)33-3;1-29-13-18(11-27-29)25-12-26-23-5-4-19(9-24(23)28-25)30(14-16-6-17(16)15-31)20-7-21(32-2)10-22(8-20)33-3;1-26-15-17(12-24-26)22-13-23-20-10-9-19(11-21(20)25-22)27(14-16-7-8-16)18-5-3-2-4-6-18/h4-16,18H,17H2,1-3H3;4-5,10-15,17-18H,6-9,16H2,1-3H3;4-5,7-13,16-17,31H,6,14-15H2,1-3H3;2-6,9-13,15-16H,7-8,14H2,1H3/t;;16-,17-;/m..0./s1. The molecule has 3 fully saturated rings. The molecule has 8 aromatic heterocycles. The van der Waals surface area contributed by atoms with Gasteiger partial charge in [-0.05, 0) is 146 Å². The molecule has 0 bridgehead atoms. The van der Waals surface area contributed by atoms with Gasteiger partial charge in [-0.2, -0.15) is 20.4 Å². The van der Waals surface area contributed by atoms with Gasteiger partial charge in [-0.15, -0.1) is 0 Å². The van der Waals surface area contributed by atoms with E-state index in [-0.39, 0.29) is 6.61 Å². The maximum atomic E-state index is 9.59. The van der Waals surface area contributed by atoms with Crippen LogP contribution in [0.4, 0.5) is 45.5 Å². The SMILES string of the molecule is COc1cc(OC)cc(N(CC2CCOCC2)c2ccc3ncc(-c4cnn(C)c4)nc3c2)c1.COc1cc(OC)cc(N(C[C@@H]2C[C@H]2CO)c2ccc3ncc(-c4cnn(C)c4)nc3c2)c1.COc1cc(OC)cc(N(Cc2ccccc2)c2ccc3ncc(-c4cnn(C)c4)nc3c2)c1.Cn1cc(-c2cnc3ccc(N(CC4CC4)c4ccccc4)cc3n2)cn1. The van der Waals surface area contributed by atoms with E-state index < -0.39 is 0 Å². The highest BCUT2D eigenvalue weighted by molar-refractivity contribution is 5.87. The van der Waals surface area contributed by atoms with E-state index in [0.717, 1.165) is 216 Å². The van der Waals surface area contributed by atoms with Gasteiger partial charge in [0.1, 0.15) is 34.5 Å². The number of benzene rings is 9. The number of aryl methyl sites for hydroxylation is 4. The Hall–Kier alpha value is -14.9. The second kappa shape index (κ2) is 39.1. The van der Waals surface area contributed by atoms with E-state index in [2.05, 4.69) is 157 Å². The van der Waals surface area contributed by atoms with Crippen LogP contribution in [0.25, 0.3) is 89.2 Å². The molecular formula is C100H102N20O8. The third-order valence-electron chi connectivity index (χ3n) is 23.2. The van der Waals surface area contributed by atoms with Crippen molar-refractivity contribution < 1.29 is 38.3 Å². The number of anilines is 8. The third kappa shape index (κ3) is 20.5. The summed E-state index contributed by atoms with van der Waals surface area (Å²) in [5.74, 6) is 6.50. The number of fused-ring (bicyclic) bond motifs is 4. The third-order valence-corrected chi connectivity index (χ3v) is 23.2. The molecule has 28 heteroatoms. The van der Waals surface area contributed by atoms with Gasteiger partial charge in [-0.25, -0.2) is 19.9 Å². The molecule has 0 unspecified atom stereocenters. The predicted molar refractivity (Wildman–Crippen MR) is 500 cm³/mol. The van der Waals surface area contributed by atoms with Crippen LogP contribution in [0.15, 0.2) is 262 Å². The van der Waals surface area contributed by atoms with Crippen molar-refractivity contribution in [2.45, 2.75) is 38.6 Å². The van der Waals surface area contributed by atoms with Crippen LogP contribution in [0.5, 0.6) is 34.5 Å². The van der Waals surface area contributed by atoms with Crippen molar-refractivity contribution in [2.75, 3.05) is 102 Å². The first kappa shape index (κ1) is 85.3. The molecule has 128 heavy (non-hydrogen) atoms. The first-order valence-electron chi connectivity index (χ1n) is 42.7. The van der Waals surface area contributed by atoms with Crippen molar-refractivity contribution in [1.82, 2.24) is 79.0 Å². The number of ether oxygens (including phenoxy) is 7. The summed E-state index contributed by atoms with van der Waals surface area (Å²) in [5.41, 5.74) is 23.3. The molecule has 0 spiro atoms. The van der Waals surface area contributed by atoms with Gasteiger partial charge in [0.2, 0.25) is 0 Å². The number of hydrogen-bond donors (Lipinski definition) is 1. The van der Waals surface area contributed by atoms with Gasteiger partial charge >= 0.3 is 0 Å². The van der Waals surface area contributed by atoms with Crippen LogP contribution in [0, 0.1) is 23.7 Å². The Morgan fingerprint density at radius 3 is 0.945 bits per heavy atom. The lowest BCUT2D eigenvalue weighted by atomic mass is 9.99. The van der Waals surface area contributed by atoms with Crippen LogP contribution in [0.1, 0.15) is 37.7 Å². The van der Waals surface area contributed by atoms with Crippen molar-refractivity contribution in [3.63, 3.8) is 0 Å². The second-order valence-electron chi connectivity index (χ2n) is 32.2. The highest BCUT2D eigenvalue weighted by Crippen LogP contribution is 2.45. The lowest BCUT2D eigenvalue weighted by Gasteiger charge is -2.32. The molecule has 1 aliphatic heterocycles. The molecule has 0 amide bonds. The Morgan fingerprint density at radius 2 is 0.633 bits per heavy atom. The minimum Gasteiger partial charge on any atom is -0.497 e. The molecule has 17 aromatic rings. The highest BCUT2D eigenvalue weighted by Gasteiger charge is 2.38. The highest BCUT2D eigenvalue weighted by atomic mass is 16.5. The first-order valence-corrected chi connectivity index (χ1v) is 42.7. The van der Waals surface area contributed by atoms with Crippen molar-refractivity contribution in [3.8, 4) is 79.5 Å². The Kier molecular flexibility index (Phi) is 26.1. The number of aliphatic hydroxyl groups is 1. The van der Waals surface area contributed by atoms with Gasteiger partial charge in [-0.3, -0.25) is 38.7 Å². The second-order valence-corrected chi connectivity index (χ2v) is 32.2. The fraction of sp³-hybridized carbons (Fsp3) is 0.260. The zero-order valence-corrected chi connectivity index (χ0v) is 73.4. The van der Waals surface area contributed by atoms with Gasteiger partial charge in [0.15, 0.2) is 0 Å². The van der Waals surface area contributed by atoms with Gasteiger partial charge in [-0.1, -0.05) is 48.5 Å². The van der Waals surface area contributed by atoms with E-state index in [1.165, 1.54) is 29.8 Å². The Balaban J connectivity index is 0.000000120. The molecule has 650 valence electrons. The van der Waals surface area contributed by atoms with Crippen molar-refractivity contribution in [1.29, 1.82) is 0 Å². The lowest BCUT2D eigenvalue weighted by Crippen LogP contribution is -2.29. The summed E-state index contributed by atoms with van der Waals surface area (Å²) in [4.78, 5) is 47.1. The fourth-order valence-corrected chi connectivity index (χ4v) is 15.8. The quantitative estimate of drug-likeness (QED) is 0.0501. The molecule has 9 aromatic carbocycles. The summed E-state index contributed by atoms with van der Waals surface area (Å²) in [7, 11) is 17.5. The number of aliphatic hydroxyl groups excluding tert-OH is 1. The monoisotopic (exact) mass is 1710 g/mol. The summed E-state index contributed by atoms with van der Waals surface area (Å²) in [6.07, 6.45) is 27.9. The molecule has 9 heterocycles. The predicted octanol–water partition coefficient (Wildman–Crippen LogP) is 18.4. The normalized spacial score (nSPS) is 14.1. The van der Waals surface area contributed by atoms with E-state index >= 15 is 0 Å². The van der Waals surface area contributed by atoms with E-state index in [1.54, 1.807) is 98.6 Å². The smallest absolute Gasteiger partial charge is 0.124 e. The van der Waals surface area contributed by atoms with Crippen LogP contribution >= 0.6 is 0 Å². The molecule has 1 saturated heterocycles. The zero-order valence-electron chi connectivity index (χ0n) is 73.4. The molecule has 3 aliphatic rings. The number of nitrogens with zero attached hydrogens (tertiary/aromatic N) is 20. The topological polar surface area (TPSA) is 272 Å². The van der Waals surface area contributed by atoms with Crippen LogP contribution in [0.2, 0.25) is 0 Å². The molecule has 2 aliphatic carbocycles. The molecule has 1 N–H and O–H groups in total. The van der Waals surface area contributed by atoms with E-state index in [4.69, 9.17) is 53.1 Å². The van der Waals surface area contributed by atoms with Crippen LogP contribution in [-0.4, -0.2) is 166 Å². The summed E-state index contributed by atoms with van der Waals surface area (Å²) in [6, 6.07) is 63.5. The van der Waals surface area contributed by atoms with E-state index in [0.29, 0.717) is 24.3 Å². The van der Waals surface area contributed by atoms with E-state index in [1.807, 2.05) is 156 Å². The first-order chi connectivity index (χ1) is 62.6. The minimum absolute atomic E-state index is 0.220. The summed E-state index contributed by atoms with van der Waals surface area (Å²) in [5, 5.41) is 26.6.